The molecule has 1 saturated carbocycles. The maximum absolute atomic E-state index is 13.2. The van der Waals surface area contributed by atoms with Gasteiger partial charge in [0.1, 0.15) is 10.7 Å². The lowest BCUT2D eigenvalue weighted by molar-refractivity contribution is -0.133. The van der Waals surface area contributed by atoms with Crippen LogP contribution >= 0.6 is 11.3 Å². The van der Waals surface area contributed by atoms with Gasteiger partial charge in [0.15, 0.2) is 0 Å². The lowest BCUT2D eigenvalue weighted by Crippen LogP contribution is -2.35. The van der Waals surface area contributed by atoms with Crippen molar-refractivity contribution in [3.63, 3.8) is 0 Å². The molecule has 3 rings (SSSR count). The summed E-state index contributed by atoms with van der Waals surface area (Å²) >= 11 is 1.45. The molecule has 1 aromatic heterocycles. The molecule has 1 aliphatic carbocycles. The number of carbonyl (C=O) groups is 2. The molecule has 5 nitrogen and oxygen atoms in total. The van der Waals surface area contributed by atoms with E-state index in [1.165, 1.54) is 16.9 Å². The third-order valence-electron chi connectivity index (χ3n) is 5.01. The van der Waals surface area contributed by atoms with Crippen molar-refractivity contribution in [2.24, 2.45) is 17.8 Å². The SMILES string of the molecule is CC(C)CNC(=O)c1csc(CN(CC(C)C)C(=O)[C@H]2C[C@H]2c2ccccc2)n1. The first-order chi connectivity index (χ1) is 13.8. The predicted octanol–water partition coefficient (Wildman–Crippen LogP) is 4.32. The second-order valence-corrected chi connectivity index (χ2v) is 9.64. The molecular weight excluding hydrogens is 382 g/mol. The lowest BCUT2D eigenvalue weighted by atomic mass is 10.1. The Balaban J connectivity index is 1.64. The Hall–Kier alpha value is -2.21. The number of amides is 2. The highest BCUT2D eigenvalue weighted by molar-refractivity contribution is 7.09. The van der Waals surface area contributed by atoms with Crippen LogP contribution in [0.15, 0.2) is 35.7 Å². The molecule has 156 valence electrons. The van der Waals surface area contributed by atoms with E-state index < -0.39 is 0 Å². The molecule has 2 amide bonds. The quantitative estimate of drug-likeness (QED) is 0.666. The standard InChI is InChI=1S/C23H31N3O2S/c1-15(2)11-24-22(27)20-14-29-21(25-20)13-26(12-16(3)4)23(28)19-10-18(19)17-8-6-5-7-9-17/h5-9,14-16,18-19H,10-13H2,1-4H3,(H,24,27)/t18-,19-/m0/s1. The Kier molecular flexibility index (Phi) is 7.06. The van der Waals surface area contributed by atoms with Crippen LogP contribution in [-0.4, -0.2) is 34.8 Å². The van der Waals surface area contributed by atoms with Gasteiger partial charge in [0.05, 0.1) is 6.54 Å². The molecule has 0 saturated heterocycles. The summed E-state index contributed by atoms with van der Waals surface area (Å²) in [6, 6.07) is 10.3. The van der Waals surface area contributed by atoms with E-state index >= 15 is 0 Å². The third-order valence-corrected chi connectivity index (χ3v) is 5.85. The van der Waals surface area contributed by atoms with Crippen LogP contribution in [0.2, 0.25) is 0 Å². The van der Waals surface area contributed by atoms with Crippen LogP contribution in [0, 0.1) is 17.8 Å². The average Bonchev–Trinajstić information content (AvgIpc) is 3.36. The Morgan fingerprint density at radius 3 is 2.55 bits per heavy atom. The zero-order valence-corrected chi connectivity index (χ0v) is 18.5. The average molecular weight is 414 g/mol. The van der Waals surface area contributed by atoms with Crippen LogP contribution < -0.4 is 5.32 Å². The van der Waals surface area contributed by atoms with E-state index in [2.05, 4.69) is 50.1 Å². The minimum atomic E-state index is -0.144. The minimum Gasteiger partial charge on any atom is -0.350 e. The van der Waals surface area contributed by atoms with Gasteiger partial charge in [0, 0.05) is 24.4 Å². The minimum absolute atomic E-state index is 0.0601. The molecule has 0 unspecified atom stereocenters. The second-order valence-electron chi connectivity index (χ2n) is 8.70. The van der Waals surface area contributed by atoms with E-state index in [4.69, 9.17) is 0 Å². The molecular formula is C23H31N3O2S. The first-order valence-electron chi connectivity index (χ1n) is 10.4. The van der Waals surface area contributed by atoms with Crippen LogP contribution in [0.5, 0.6) is 0 Å². The molecule has 1 fully saturated rings. The zero-order chi connectivity index (χ0) is 21.0. The predicted molar refractivity (Wildman–Crippen MR) is 117 cm³/mol. The molecule has 0 aliphatic heterocycles. The number of nitrogens with one attached hydrogen (secondary N) is 1. The molecule has 29 heavy (non-hydrogen) atoms. The number of hydrogen-bond acceptors (Lipinski definition) is 4. The molecule has 1 N–H and O–H groups in total. The van der Waals surface area contributed by atoms with Gasteiger partial charge in [-0.1, -0.05) is 58.0 Å². The number of nitrogens with zero attached hydrogens (tertiary/aromatic N) is 2. The number of aromatic nitrogens is 1. The van der Waals surface area contributed by atoms with Crippen LogP contribution in [0.4, 0.5) is 0 Å². The Morgan fingerprint density at radius 1 is 1.17 bits per heavy atom. The number of rotatable bonds is 9. The zero-order valence-electron chi connectivity index (χ0n) is 17.7. The normalized spacial score (nSPS) is 18.1. The highest BCUT2D eigenvalue weighted by Gasteiger charge is 2.45. The Bertz CT molecular complexity index is 832. The number of thiazole rings is 1. The lowest BCUT2D eigenvalue weighted by Gasteiger charge is -2.24. The second kappa shape index (κ2) is 9.53. The van der Waals surface area contributed by atoms with Crippen molar-refractivity contribution in [3.05, 3.63) is 52.0 Å². The summed E-state index contributed by atoms with van der Waals surface area (Å²) in [6.07, 6.45) is 0.915. The number of hydrogen-bond donors (Lipinski definition) is 1. The first-order valence-corrected chi connectivity index (χ1v) is 11.3. The summed E-state index contributed by atoms with van der Waals surface area (Å²) < 4.78 is 0. The van der Waals surface area contributed by atoms with Crippen LogP contribution in [0.3, 0.4) is 0 Å². The van der Waals surface area contributed by atoms with Gasteiger partial charge in [-0.25, -0.2) is 4.98 Å². The van der Waals surface area contributed by atoms with Crippen molar-refractivity contribution < 1.29 is 9.59 Å². The molecule has 2 aromatic rings. The van der Waals surface area contributed by atoms with E-state index in [0.29, 0.717) is 43.1 Å². The van der Waals surface area contributed by atoms with Crippen molar-refractivity contribution in [2.75, 3.05) is 13.1 Å². The van der Waals surface area contributed by atoms with Gasteiger partial charge in [-0.3, -0.25) is 9.59 Å². The van der Waals surface area contributed by atoms with Gasteiger partial charge in [0.25, 0.3) is 5.91 Å². The highest BCUT2D eigenvalue weighted by atomic mass is 32.1. The maximum atomic E-state index is 13.2. The third kappa shape index (κ3) is 5.89. The Morgan fingerprint density at radius 2 is 1.90 bits per heavy atom. The van der Waals surface area contributed by atoms with Gasteiger partial charge >= 0.3 is 0 Å². The summed E-state index contributed by atoms with van der Waals surface area (Å²) in [4.78, 5) is 31.8. The molecule has 2 atom stereocenters. The fourth-order valence-corrected chi connectivity index (χ4v) is 4.27. The van der Waals surface area contributed by atoms with Crippen LogP contribution in [0.25, 0.3) is 0 Å². The summed E-state index contributed by atoms with van der Waals surface area (Å²) in [5.74, 6) is 1.22. The van der Waals surface area contributed by atoms with E-state index in [1.807, 2.05) is 23.1 Å². The molecule has 0 bridgehead atoms. The Labute approximate surface area is 177 Å². The van der Waals surface area contributed by atoms with Gasteiger partial charge in [-0.15, -0.1) is 11.3 Å². The van der Waals surface area contributed by atoms with Gasteiger partial charge in [0.2, 0.25) is 5.91 Å². The van der Waals surface area contributed by atoms with Crippen molar-refractivity contribution >= 4 is 23.2 Å². The van der Waals surface area contributed by atoms with E-state index in [9.17, 15) is 9.59 Å². The van der Waals surface area contributed by atoms with Crippen molar-refractivity contribution in [1.29, 1.82) is 0 Å². The van der Waals surface area contributed by atoms with Crippen molar-refractivity contribution in [1.82, 2.24) is 15.2 Å². The molecule has 6 heteroatoms. The monoisotopic (exact) mass is 413 g/mol. The van der Waals surface area contributed by atoms with Crippen molar-refractivity contribution in [3.8, 4) is 0 Å². The van der Waals surface area contributed by atoms with Gasteiger partial charge in [-0.05, 0) is 29.7 Å². The summed E-state index contributed by atoms with van der Waals surface area (Å²) in [7, 11) is 0. The fourth-order valence-electron chi connectivity index (χ4n) is 3.48. The molecule has 0 radical (unpaired) electrons. The molecule has 1 aromatic carbocycles. The molecule has 0 spiro atoms. The molecule has 1 aliphatic rings. The van der Waals surface area contributed by atoms with Crippen LogP contribution in [0.1, 0.15) is 61.1 Å². The van der Waals surface area contributed by atoms with Gasteiger partial charge in [-0.2, -0.15) is 0 Å². The highest BCUT2D eigenvalue weighted by Crippen LogP contribution is 2.48. The fraction of sp³-hybridized carbons (Fsp3) is 0.522. The number of carbonyl (C=O) groups excluding carboxylic acids is 2. The van der Waals surface area contributed by atoms with E-state index in [-0.39, 0.29) is 17.7 Å². The maximum Gasteiger partial charge on any atom is 0.270 e. The smallest absolute Gasteiger partial charge is 0.270 e. The van der Waals surface area contributed by atoms with Crippen molar-refractivity contribution in [2.45, 2.75) is 46.6 Å². The largest absolute Gasteiger partial charge is 0.350 e. The molecule has 1 heterocycles. The van der Waals surface area contributed by atoms with E-state index in [0.717, 1.165) is 11.4 Å². The summed E-state index contributed by atoms with van der Waals surface area (Å²) in [5.41, 5.74) is 1.69. The number of benzene rings is 1. The van der Waals surface area contributed by atoms with Gasteiger partial charge < -0.3 is 10.2 Å². The van der Waals surface area contributed by atoms with Crippen LogP contribution in [-0.2, 0) is 11.3 Å². The summed E-state index contributed by atoms with van der Waals surface area (Å²) in [5, 5.41) is 5.49. The topological polar surface area (TPSA) is 62.3 Å². The van der Waals surface area contributed by atoms with E-state index in [1.54, 1.807) is 5.38 Å². The first kappa shape index (κ1) is 21.5. The summed E-state index contributed by atoms with van der Waals surface area (Å²) in [6.45, 7) is 10.2.